The van der Waals surface area contributed by atoms with Gasteiger partial charge in [-0.2, -0.15) is 4.58 Å². The number of aryl methyl sites for hydroxylation is 1. The Morgan fingerprint density at radius 3 is 2.59 bits per heavy atom. The Kier molecular flexibility index (Phi) is 3.96. The van der Waals surface area contributed by atoms with Crippen molar-refractivity contribution in [3.05, 3.63) is 40.9 Å². The lowest BCUT2D eigenvalue weighted by molar-refractivity contribution is -0.428. The minimum Gasteiger partial charge on any atom is -0.465 e. The zero-order chi connectivity index (χ0) is 21.3. The van der Waals surface area contributed by atoms with Crippen molar-refractivity contribution in [3.63, 3.8) is 0 Å². The molecule has 2 N–H and O–H groups in total. The van der Waals surface area contributed by atoms with E-state index in [1.807, 2.05) is 0 Å². The third-order valence-electron chi connectivity index (χ3n) is 5.23. The molecule has 0 amide bonds. The molecule has 8 nitrogen and oxygen atoms in total. The molecule has 0 radical (unpaired) electrons. The Morgan fingerprint density at radius 1 is 1.24 bits per heavy atom. The predicted octanol–water partition coefficient (Wildman–Crippen LogP) is 2.34. The van der Waals surface area contributed by atoms with Gasteiger partial charge in [-0.15, -0.1) is 0 Å². The average molecular weight is 416 g/mol. The van der Waals surface area contributed by atoms with E-state index in [9.17, 15) is 18.3 Å². The minimum atomic E-state index is -3.54. The van der Waals surface area contributed by atoms with Crippen molar-refractivity contribution < 1.29 is 22.8 Å². The highest BCUT2D eigenvalue weighted by atomic mass is 32.2. The van der Waals surface area contributed by atoms with Crippen LogP contribution in [-0.4, -0.2) is 52.5 Å². The number of nitrogens with one attached hydrogen (secondary N) is 1. The summed E-state index contributed by atoms with van der Waals surface area (Å²) in [4.78, 5) is 15.5. The van der Waals surface area contributed by atoms with Gasteiger partial charge in [0, 0.05) is 48.3 Å². The number of aromatic nitrogens is 2. The van der Waals surface area contributed by atoms with Crippen LogP contribution in [-0.2, 0) is 16.9 Å². The number of aromatic amines is 1. The molecule has 0 fully saturated rings. The molecule has 9 heteroatoms. The quantitative estimate of drug-likeness (QED) is 0.624. The first kappa shape index (κ1) is 19.3. The van der Waals surface area contributed by atoms with Gasteiger partial charge in [0.1, 0.15) is 12.6 Å². The Morgan fingerprint density at radius 2 is 1.93 bits per heavy atom. The molecule has 1 aromatic carbocycles. The highest BCUT2D eigenvalue weighted by Crippen LogP contribution is 2.45. The topological polar surface area (TPSA) is 104 Å². The second kappa shape index (κ2) is 5.96. The van der Waals surface area contributed by atoms with Crippen molar-refractivity contribution in [1.82, 2.24) is 9.55 Å². The zero-order valence-electron chi connectivity index (χ0n) is 16.8. The molecule has 2 aromatic heterocycles. The van der Waals surface area contributed by atoms with E-state index in [2.05, 4.69) is 4.98 Å². The van der Waals surface area contributed by atoms with E-state index in [0.717, 1.165) is 6.26 Å². The number of fused-ring (bicyclic) bond motifs is 2. The van der Waals surface area contributed by atoms with Crippen molar-refractivity contribution in [2.45, 2.75) is 24.3 Å². The van der Waals surface area contributed by atoms with Gasteiger partial charge >= 0.3 is 5.90 Å². The third-order valence-corrected chi connectivity index (χ3v) is 6.32. The number of pyridine rings is 1. The van der Waals surface area contributed by atoms with Gasteiger partial charge in [0.15, 0.2) is 15.6 Å². The van der Waals surface area contributed by atoms with E-state index in [1.165, 1.54) is 15.2 Å². The number of sulfone groups is 1. The fraction of sp³-hybridized carbons (Fsp3) is 0.300. The molecule has 0 spiro atoms. The van der Waals surface area contributed by atoms with Crippen LogP contribution in [0.2, 0.25) is 0 Å². The minimum absolute atomic E-state index is 0.0335. The van der Waals surface area contributed by atoms with Gasteiger partial charge < -0.3 is 19.4 Å². The van der Waals surface area contributed by atoms with Gasteiger partial charge in [-0.05, 0) is 26.0 Å². The largest absolute Gasteiger partial charge is 0.465 e. The summed E-state index contributed by atoms with van der Waals surface area (Å²) in [6, 6.07) is 4.80. The number of hydrogen-bond donors (Lipinski definition) is 2. The van der Waals surface area contributed by atoms with Gasteiger partial charge in [0.2, 0.25) is 5.60 Å². The second-order valence-electron chi connectivity index (χ2n) is 7.81. The number of nitrogens with zero attached hydrogens (tertiary/aromatic N) is 2. The molecule has 0 unspecified atom stereocenters. The monoisotopic (exact) mass is 416 g/mol. The number of hydrogen-bond acceptors (Lipinski definition) is 4. The molecule has 0 bridgehead atoms. The van der Waals surface area contributed by atoms with Crippen molar-refractivity contribution in [2.75, 3.05) is 13.3 Å². The first-order valence-electron chi connectivity index (χ1n) is 8.96. The fourth-order valence-corrected chi connectivity index (χ4v) is 4.32. The molecular weight excluding hydrogens is 394 g/mol. The van der Waals surface area contributed by atoms with Gasteiger partial charge in [0.05, 0.1) is 4.90 Å². The van der Waals surface area contributed by atoms with E-state index in [1.54, 1.807) is 52.5 Å². The Hall–Kier alpha value is -3.07. The summed E-state index contributed by atoms with van der Waals surface area (Å²) in [5, 5.41) is 11.2. The molecule has 0 saturated carbocycles. The van der Waals surface area contributed by atoms with Crippen molar-refractivity contribution in [1.29, 1.82) is 0 Å². The highest BCUT2D eigenvalue weighted by Gasteiger charge is 2.43. The molecule has 1 aliphatic rings. The first-order chi connectivity index (χ1) is 13.4. The summed E-state index contributed by atoms with van der Waals surface area (Å²) >= 11 is 0. The number of aliphatic hydroxyl groups excluding tert-OH is 1. The predicted molar refractivity (Wildman–Crippen MR) is 110 cm³/mol. The fourth-order valence-electron chi connectivity index (χ4n) is 3.66. The maximum absolute atomic E-state index is 12.4. The Labute approximate surface area is 167 Å². The number of ether oxygens (including phenoxy) is 1. The van der Waals surface area contributed by atoms with Crippen LogP contribution in [0.4, 0.5) is 5.69 Å². The van der Waals surface area contributed by atoms with E-state index in [0.29, 0.717) is 33.5 Å². The van der Waals surface area contributed by atoms with Crippen LogP contribution in [0.3, 0.4) is 0 Å². The number of rotatable bonds is 2. The lowest BCUT2D eigenvalue weighted by atomic mass is 9.99. The molecule has 3 aromatic rings. The smallest absolute Gasteiger partial charge is 0.384 e. The third kappa shape index (κ3) is 2.84. The molecule has 3 heterocycles. The van der Waals surface area contributed by atoms with Gasteiger partial charge in [-0.25, -0.2) is 8.42 Å². The van der Waals surface area contributed by atoms with Crippen LogP contribution in [0.15, 0.2) is 40.3 Å². The SMILES string of the molecule is Cn1cc(-c2cc(S(C)(=O)=O)cc3c2OC(C)(C)C(O)=[N+]3C)c2cc[nH]c2c1=O. The Bertz CT molecular complexity index is 1380. The van der Waals surface area contributed by atoms with E-state index >= 15 is 0 Å². The summed E-state index contributed by atoms with van der Waals surface area (Å²) in [7, 11) is -0.256. The van der Waals surface area contributed by atoms with Gasteiger partial charge in [0.25, 0.3) is 11.2 Å². The summed E-state index contributed by atoms with van der Waals surface area (Å²) in [6.45, 7) is 3.45. The van der Waals surface area contributed by atoms with Crippen LogP contribution < -0.4 is 10.3 Å². The molecule has 29 heavy (non-hydrogen) atoms. The van der Waals surface area contributed by atoms with E-state index in [4.69, 9.17) is 4.74 Å². The maximum atomic E-state index is 12.4. The van der Waals surface area contributed by atoms with Crippen LogP contribution in [0.1, 0.15) is 13.8 Å². The summed E-state index contributed by atoms with van der Waals surface area (Å²) < 4.78 is 33.8. The average Bonchev–Trinajstić information content (AvgIpc) is 3.11. The molecule has 152 valence electrons. The summed E-state index contributed by atoms with van der Waals surface area (Å²) in [5.41, 5.74) is 0.817. The van der Waals surface area contributed by atoms with Crippen LogP contribution in [0.5, 0.6) is 5.75 Å². The number of aliphatic hydroxyl groups is 1. The van der Waals surface area contributed by atoms with E-state index in [-0.39, 0.29) is 16.4 Å². The zero-order valence-corrected chi connectivity index (χ0v) is 17.6. The second-order valence-corrected chi connectivity index (χ2v) is 9.83. The highest BCUT2D eigenvalue weighted by molar-refractivity contribution is 7.90. The number of H-pyrrole nitrogens is 1. The van der Waals surface area contributed by atoms with Gasteiger partial charge in [-0.1, -0.05) is 0 Å². The Balaban J connectivity index is 2.18. The van der Waals surface area contributed by atoms with Gasteiger partial charge in [-0.3, -0.25) is 4.79 Å². The molecule has 0 saturated heterocycles. The summed E-state index contributed by atoms with van der Waals surface area (Å²) in [6.07, 6.45) is 4.45. The van der Waals surface area contributed by atoms with Crippen LogP contribution in [0, 0.1) is 0 Å². The molecule has 0 atom stereocenters. The number of benzene rings is 1. The normalized spacial score (nSPS) is 16.0. The van der Waals surface area contributed by atoms with Crippen molar-refractivity contribution in [2.24, 2.45) is 7.05 Å². The van der Waals surface area contributed by atoms with Crippen molar-refractivity contribution >= 4 is 32.3 Å². The standard InChI is InChI=1S/C20H21N3O5S/c1-20(2)19(25)23(4)15-9-11(29(5,26)27)8-13(17(15)28-20)14-10-22(3)18(24)16-12(14)6-7-21-16/h6-10H,1-5H3,(H,21,24)/p+1. The lowest BCUT2D eigenvalue weighted by Crippen LogP contribution is -2.45. The molecular formula is C20H22N3O5S+. The maximum Gasteiger partial charge on any atom is 0.384 e. The van der Waals surface area contributed by atoms with Crippen LogP contribution >= 0.6 is 0 Å². The lowest BCUT2D eigenvalue weighted by Gasteiger charge is -2.29. The molecule has 4 rings (SSSR count). The van der Waals surface area contributed by atoms with Crippen LogP contribution in [0.25, 0.3) is 22.0 Å². The van der Waals surface area contributed by atoms with Crippen molar-refractivity contribution in [3.8, 4) is 16.9 Å². The summed E-state index contributed by atoms with van der Waals surface area (Å²) in [5.74, 6) is 0.401. The molecule has 0 aliphatic carbocycles. The van der Waals surface area contributed by atoms with E-state index < -0.39 is 15.4 Å². The first-order valence-corrected chi connectivity index (χ1v) is 10.9. The molecule has 1 aliphatic heterocycles.